The van der Waals surface area contributed by atoms with E-state index in [1.165, 1.54) is 26.8 Å². The summed E-state index contributed by atoms with van der Waals surface area (Å²) in [6.07, 6.45) is 2.67. The molecule has 1 aliphatic heterocycles. The number of nitrogens with zero attached hydrogens (tertiary/aromatic N) is 3. The van der Waals surface area contributed by atoms with Crippen LogP contribution in [0.4, 0.5) is 5.69 Å². The number of carbonyl (C=O) groups excluding carboxylic acids is 2. The van der Waals surface area contributed by atoms with Gasteiger partial charge in [-0.15, -0.1) is 11.3 Å². The number of aryl methyl sites for hydroxylation is 1. The van der Waals surface area contributed by atoms with Crippen molar-refractivity contribution in [3.63, 3.8) is 0 Å². The molecule has 39 heavy (non-hydrogen) atoms. The second kappa shape index (κ2) is 12.0. The van der Waals surface area contributed by atoms with Gasteiger partial charge in [-0.3, -0.25) is 19.0 Å². The minimum Gasteiger partial charge on any atom is -0.494 e. The Morgan fingerprint density at radius 2 is 1.79 bits per heavy atom. The predicted octanol–water partition coefficient (Wildman–Crippen LogP) is 5.35. The number of amides is 2. The number of hydrogen-bond donors (Lipinski definition) is 2. The quantitative estimate of drug-likeness (QED) is 0.301. The molecule has 0 aliphatic carbocycles. The van der Waals surface area contributed by atoms with Gasteiger partial charge >= 0.3 is 4.87 Å². The van der Waals surface area contributed by atoms with E-state index in [0.29, 0.717) is 18.8 Å². The highest BCUT2D eigenvalue weighted by Gasteiger charge is 2.26. The smallest absolute Gasteiger partial charge is 0.309 e. The van der Waals surface area contributed by atoms with Crippen molar-refractivity contribution in [2.75, 3.05) is 18.4 Å². The van der Waals surface area contributed by atoms with Gasteiger partial charge in [0.05, 0.1) is 10.4 Å². The maximum Gasteiger partial charge on any atom is 0.309 e. The van der Waals surface area contributed by atoms with Crippen LogP contribution in [0.15, 0.2) is 64.1 Å². The lowest BCUT2D eigenvalue weighted by atomic mass is 9.97. The molecule has 1 aliphatic rings. The number of benzene rings is 2. The van der Waals surface area contributed by atoms with Crippen molar-refractivity contribution in [3.8, 4) is 17.0 Å². The Hall–Kier alpha value is -3.76. The van der Waals surface area contributed by atoms with Crippen molar-refractivity contribution < 1.29 is 14.7 Å². The van der Waals surface area contributed by atoms with Gasteiger partial charge in [0, 0.05) is 48.6 Å². The zero-order chi connectivity index (χ0) is 27.4. The first-order valence-corrected chi connectivity index (χ1v) is 14.8. The van der Waals surface area contributed by atoms with Crippen LogP contribution < -0.4 is 10.2 Å². The van der Waals surface area contributed by atoms with Gasteiger partial charge in [-0.05, 0) is 36.5 Å². The Kier molecular flexibility index (Phi) is 8.23. The molecule has 2 aromatic heterocycles. The third kappa shape index (κ3) is 6.12. The summed E-state index contributed by atoms with van der Waals surface area (Å²) in [5, 5.41) is 16.9. The van der Waals surface area contributed by atoms with E-state index in [1.54, 1.807) is 10.3 Å². The Morgan fingerprint density at radius 3 is 2.49 bits per heavy atom. The first-order valence-electron chi connectivity index (χ1n) is 13.0. The zero-order valence-corrected chi connectivity index (χ0v) is 23.3. The van der Waals surface area contributed by atoms with E-state index in [-0.39, 0.29) is 41.5 Å². The summed E-state index contributed by atoms with van der Waals surface area (Å²) in [4.78, 5) is 43.7. The number of likely N-dealkylation sites (tertiary alicyclic amines) is 1. The van der Waals surface area contributed by atoms with E-state index in [9.17, 15) is 19.5 Å². The number of rotatable bonds is 8. The number of para-hydroxylation sites is 1. The number of thiazole rings is 2. The zero-order valence-electron chi connectivity index (χ0n) is 21.6. The van der Waals surface area contributed by atoms with E-state index in [0.717, 1.165) is 52.4 Å². The Labute approximate surface area is 234 Å². The molecule has 1 fully saturated rings. The van der Waals surface area contributed by atoms with Gasteiger partial charge < -0.3 is 15.3 Å². The molecule has 0 unspecified atom stereocenters. The lowest BCUT2D eigenvalue weighted by Gasteiger charge is -2.31. The van der Waals surface area contributed by atoms with Crippen molar-refractivity contribution in [2.24, 2.45) is 0 Å². The van der Waals surface area contributed by atoms with Crippen LogP contribution in [0.2, 0.25) is 0 Å². The SMILES string of the molecule is CCc1ccc(-c2ccccc2NC(=O)c2csc(C3CCN(C(=O)CCn4c(O)csc4=O)CC3)n2)cc1. The van der Waals surface area contributed by atoms with Crippen LogP contribution >= 0.6 is 22.7 Å². The summed E-state index contributed by atoms with van der Waals surface area (Å²) in [6, 6.07) is 16.1. The minimum absolute atomic E-state index is 0.0341. The second-order valence-corrected chi connectivity index (χ2v) is 11.2. The van der Waals surface area contributed by atoms with Gasteiger partial charge in [0.1, 0.15) is 5.69 Å². The molecule has 0 saturated carbocycles. The number of anilines is 1. The van der Waals surface area contributed by atoms with Gasteiger partial charge in [0.15, 0.2) is 0 Å². The maximum absolute atomic E-state index is 13.1. The molecule has 10 heteroatoms. The Bertz CT molecular complexity index is 1510. The predicted molar refractivity (Wildman–Crippen MR) is 155 cm³/mol. The van der Waals surface area contributed by atoms with E-state index in [1.807, 2.05) is 24.3 Å². The molecule has 2 N–H and O–H groups in total. The van der Waals surface area contributed by atoms with E-state index < -0.39 is 0 Å². The van der Waals surface area contributed by atoms with Crippen molar-refractivity contribution in [2.45, 2.75) is 45.1 Å². The summed E-state index contributed by atoms with van der Waals surface area (Å²) >= 11 is 2.40. The monoisotopic (exact) mass is 562 g/mol. The molecule has 3 heterocycles. The average Bonchev–Trinajstić information content (AvgIpc) is 3.59. The van der Waals surface area contributed by atoms with Crippen LogP contribution in [0.1, 0.15) is 53.2 Å². The minimum atomic E-state index is -0.267. The number of aromatic hydroxyl groups is 1. The van der Waals surface area contributed by atoms with Crippen LogP contribution in [0.5, 0.6) is 5.88 Å². The topological polar surface area (TPSA) is 105 Å². The molecule has 1 saturated heterocycles. The molecule has 2 amide bonds. The van der Waals surface area contributed by atoms with Crippen LogP contribution in [0.3, 0.4) is 0 Å². The molecule has 0 atom stereocenters. The number of hydrogen-bond acceptors (Lipinski definition) is 7. The molecule has 202 valence electrons. The summed E-state index contributed by atoms with van der Waals surface area (Å²) in [6.45, 7) is 3.49. The molecule has 0 spiro atoms. The van der Waals surface area contributed by atoms with Crippen LogP contribution in [-0.4, -0.2) is 44.5 Å². The number of piperidine rings is 1. The van der Waals surface area contributed by atoms with E-state index >= 15 is 0 Å². The van der Waals surface area contributed by atoms with E-state index in [4.69, 9.17) is 0 Å². The molecule has 2 aromatic carbocycles. The van der Waals surface area contributed by atoms with Crippen LogP contribution in [0, 0.1) is 0 Å². The van der Waals surface area contributed by atoms with Crippen LogP contribution in [0.25, 0.3) is 11.1 Å². The normalized spacial score (nSPS) is 13.9. The maximum atomic E-state index is 13.1. The fourth-order valence-electron chi connectivity index (χ4n) is 4.80. The van der Waals surface area contributed by atoms with Gasteiger partial charge in [-0.1, -0.05) is 60.7 Å². The summed E-state index contributed by atoms with van der Waals surface area (Å²) in [5.74, 6) is -0.189. The van der Waals surface area contributed by atoms with Crippen molar-refractivity contribution in [3.05, 3.63) is 85.2 Å². The van der Waals surface area contributed by atoms with Gasteiger partial charge in [0.2, 0.25) is 11.8 Å². The Balaban J connectivity index is 1.17. The molecular weight excluding hydrogens is 532 g/mol. The lowest BCUT2D eigenvalue weighted by Crippen LogP contribution is -2.38. The number of carbonyl (C=O) groups is 2. The number of nitrogens with one attached hydrogen (secondary N) is 1. The van der Waals surface area contributed by atoms with Gasteiger partial charge in [-0.2, -0.15) is 0 Å². The highest BCUT2D eigenvalue weighted by Crippen LogP contribution is 2.32. The highest BCUT2D eigenvalue weighted by atomic mass is 32.1. The van der Waals surface area contributed by atoms with Gasteiger partial charge in [0.25, 0.3) is 5.91 Å². The van der Waals surface area contributed by atoms with Gasteiger partial charge in [-0.25, -0.2) is 4.98 Å². The fourth-order valence-corrected chi connectivity index (χ4v) is 6.42. The van der Waals surface area contributed by atoms with Crippen molar-refractivity contribution >= 4 is 40.2 Å². The summed E-state index contributed by atoms with van der Waals surface area (Å²) in [5.41, 5.74) is 4.40. The molecular formula is C29H30N4O4S2. The fraction of sp³-hybridized carbons (Fsp3) is 0.310. The third-order valence-corrected chi connectivity index (χ3v) is 8.87. The molecule has 5 rings (SSSR count). The standard InChI is InChI=1S/C29H30N4O4S2/c1-2-19-7-9-20(10-8-19)22-5-3-4-6-23(22)30-27(36)24-17-38-28(31-24)21-11-14-32(15-12-21)25(34)13-16-33-26(35)18-39-29(33)37/h3-10,17-18,21,35H,2,11-16H2,1H3,(H,30,36). The lowest BCUT2D eigenvalue weighted by molar-refractivity contribution is -0.132. The summed E-state index contributed by atoms with van der Waals surface area (Å²) in [7, 11) is 0. The molecule has 8 nitrogen and oxygen atoms in total. The van der Waals surface area contributed by atoms with Crippen molar-refractivity contribution in [1.29, 1.82) is 0 Å². The van der Waals surface area contributed by atoms with Crippen molar-refractivity contribution in [1.82, 2.24) is 14.5 Å². The second-order valence-electron chi connectivity index (χ2n) is 9.54. The highest BCUT2D eigenvalue weighted by molar-refractivity contribution is 7.10. The number of aromatic nitrogens is 2. The molecule has 4 aromatic rings. The third-order valence-electron chi connectivity index (χ3n) is 7.11. The first-order chi connectivity index (χ1) is 18.9. The average molecular weight is 563 g/mol. The Morgan fingerprint density at radius 1 is 1.05 bits per heavy atom. The van der Waals surface area contributed by atoms with Crippen LogP contribution in [-0.2, 0) is 17.8 Å². The summed E-state index contributed by atoms with van der Waals surface area (Å²) < 4.78 is 1.22. The largest absolute Gasteiger partial charge is 0.494 e. The molecule has 0 bridgehead atoms. The molecule has 0 radical (unpaired) electrons. The van der Waals surface area contributed by atoms with E-state index in [2.05, 4.69) is 41.5 Å². The first kappa shape index (κ1) is 26.8.